The standard InChI is InChI=1S/C12H19N3O2S/c1-15(6-8-4-10(16)5-8)7-9-2-3-18-11(9)12(17)14-13/h2-3,8,10,16H,4-7,13H2,1H3,(H,14,17). The maximum Gasteiger partial charge on any atom is 0.275 e. The van der Waals surface area contributed by atoms with Crippen molar-refractivity contribution in [2.45, 2.75) is 25.5 Å². The van der Waals surface area contributed by atoms with Crippen LogP contribution >= 0.6 is 11.3 Å². The number of nitrogen functional groups attached to an aromatic ring is 1. The number of amides is 1. The largest absolute Gasteiger partial charge is 0.393 e. The first-order valence-corrected chi connectivity index (χ1v) is 6.92. The smallest absolute Gasteiger partial charge is 0.275 e. The Bertz CT molecular complexity index is 415. The lowest BCUT2D eigenvalue weighted by Gasteiger charge is -2.34. The molecule has 2 rings (SSSR count). The van der Waals surface area contributed by atoms with Gasteiger partial charge in [-0.25, -0.2) is 5.84 Å². The molecule has 0 radical (unpaired) electrons. The Morgan fingerprint density at radius 2 is 2.39 bits per heavy atom. The van der Waals surface area contributed by atoms with Crippen molar-refractivity contribution in [2.75, 3.05) is 13.6 Å². The molecule has 1 aliphatic rings. The number of hydrazine groups is 1. The van der Waals surface area contributed by atoms with Gasteiger partial charge in [-0.05, 0) is 42.8 Å². The van der Waals surface area contributed by atoms with Crippen LogP contribution in [-0.2, 0) is 6.54 Å². The van der Waals surface area contributed by atoms with Crippen molar-refractivity contribution in [3.63, 3.8) is 0 Å². The first-order valence-electron chi connectivity index (χ1n) is 6.04. The summed E-state index contributed by atoms with van der Waals surface area (Å²) in [7, 11) is 2.03. The molecule has 1 fully saturated rings. The molecule has 0 aliphatic heterocycles. The second-order valence-electron chi connectivity index (χ2n) is 4.94. The number of thiophene rings is 1. The highest BCUT2D eigenvalue weighted by Crippen LogP contribution is 2.28. The average molecular weight is 269 g/mol. The highest BCUT2D eigenvalue weighted by Gasteiger charge is 2.28. The van der Waals surface area contributed by atoms with Crippen LogP contribution in [0.3, 0.4) is 0 Å². The molecule has 1 amide bonds. The highest BCUT2D eigenvalue weighted by molar-refractivity contribution is 7.12. The van der Waals surface area contributed by atoms with Gasteiger partial charge in [-0.1, -0.05) is 0 Å². The Hall–Kier alpha value is -0.950. The van der Waals surface area contributed by atoms with Gasteiger partial charge in [-0.2, -0.15) is 0 Å². The van der Waals surface area contributed by atoms with Crippen LogP contribution in [0.4, 0.5) is 0 Å². The zero-order valence-corrected chi connectivity index (χ0v) is 11.2. The molecular weight excluding hydrogens is 250 g/mol. The number of hydrogen-bond acceptors (Lipinski definition) is 5. The van der Waals surface area contributed by atoms with Crippen molar-refractivity contribution in [1.29, 1.82) is 0 Å². The van der Waals surface area contributed by atoms with Gasteiger partial charge in [0, 0.05) is 13.1 Å². The van der Waals surface area contributed by atoms with Gasteiger partial charge in [0.05, 0.1) is 11.0 Å². The quantitative estimate of drug-likeness (QED) is 0.414. The van der Waals surface area contributed by atoms with Gasteiger partial charge in [-0.3, -0.25) is 10.2 Å². The number of nitrogens with two attached hydrogens (primary N) is 1. The third-order valence-corrected chi connectivity index (χ3v) is 4.26. The third kappa shape index (κ3) is 3.08. The number of hydrogen-bond donors (Lipinski definition) is 3. The number of nitrogens with zero attached hydrogens (tertiary/aromatic N) is 1. The van der Waals surface area contributed by atoms with E-state index in [0.717, 1.165) is 31.5 Å². The van der Waals surface area contributed by atoms with Gasteiger partial charge < -0.3 is 10.0 Å². The van der Waals surface area contributed by atoms with Crippen molar-refractivity contribution >= 4 is 17.2 Å². The summed E-state index contributed by atoms with van der Waals surface area (Å²) in [5.74, 6) is 5.51. The maximum absolute atomic E-state index is 11.5. The molecule has 18 heavy (non-hydrogen) atoms. The van der Waals surface area contributed by atoms with Gasteiger partial charge in [0.15, 0.2) is 0 Å². The van der Waals surface area contributed by atoms with E-state index in [1.54, 1.807) is 0 Å². The van der Waals surface area contributed by atoms with E-state index in [1.165, 1.54) is 11.3 Å². The Morgan fingerprint density at radius 3 is 3.00 bits per heavy atom. The first kappa shape index (κ1) is 13.5. The second kappa shape index (κ2) is 5.79. The van der Waals surface area contributed by atoms with Crippen LogP contribution in [0.15, 0.2) is 11.4 Å². The van der Waals surface area contributed by atoms with Crippen molar-refractivity contribution in [2.24, 2.45) is 11.8 Å². The number of aliphatic hydroxyl groups is 1. The van der Waals surface area contributed by atoms with Gasteiger partial charge in [0.1, 0.15) is 0 Å². The van der Waals surface area contributed by atoms with Crippen molar-refractivity contribution in [3.8, 4) is 0 Å². The van der Waals surface area contributed by atoms with E-state index in [0.29, 0.717) is 10.8 Å². The fraction of sp³-hybridized carbons (Fsp3) is 0.583. The van der Waals surface area contributed by atoms with E-state index >= 15 is 0 Å². The molecule has 0 bridgehead atoms. The molecule has 1 aromatic rings. The predicted octanol–water partition coefficient (Wildman–Crippen LogP) is 0.554. The summed E-state index contributed by atoms with van der Waals surface area (Å²) in [6, 6.07) is 1.96. The number of carbonyl (C=O) groups excluding carboxylic acids is 1. The lowest BCUT2D eigenvalue weighted by molar-refractivity contribution is 0.0274. The van der Waals surface area contributed by atoms with Crippen LogP contribution in [0, 0.1) is 5.92 Å². The van der Waals surface area contributed by atoms with E-state index in [9.17, 15) is 9.90 Å². The Balaban J connectivity index is 1.88. The molecule has 1 saturated carbocycles. The van der Waals surface area contributed by atoms with Crippen LogP contribution in [0.1, 0.15) is 28.1 Å². The molecule has 1 aromatic heterocycles. The van der Waals surface area contributed by atoms with E-state index in [-0.39, 0.29) is 12.0 Å². The van der Waals surface area contributed by atoms with Crippen LogP contribution in [0.25, 0.3) is 0 Å². The minimum absolute atomic E-state index is 0.108. The Morgan fingerprint density at radius 1 is 1.67 bits per heavy atom. The molecule has 1 heterocycles. The van der Waals surface area contributed by atoms with Gasteiger partial charge >= 0.3 is 0 Å². The minimum atomic E-state index is -0.229. The lowest BCUT2D eigenvalue weighted by atomic mass is 9.82. The van der Waals surface area contributed by atoms with E-state index in [2.05, 4.69) is 10.3 Å². The molecule has 1 aliphatic carbocycles. The molecular formula is C12H19N3O2S. The number of carbonyl (C=O) groups is 1. The zero-order chi connectivity index (χ0) is 13.1. The Kier molecular flexibility index (Phi) is 4.34. The van der Waals surface area contributed by atoms with Crippen LogP contribution in [0.5, 0.6) is 0 Å². The van der Waals surface area contributed by atoms with Gasteiger partial charge in [-0.15, -0.1) is 11.3 Å². The fourth-order valence-electron chi connectivity index (χ4n) is 2.37. The summed E-state index contributed by atoms with van der Waals surface area (Å²) < 4.78 is 0. The zero-order valence-electron chi connectivity index (χ0n) is 10.4. The SMILES string of the molecule is CN(Cc1ccsc1C(=O)NN)CC1CC(O)C1. The molecule has 0 aromatic carbocycles. The van der Waals surface area contributed by atoms with Crippen LogP contribution < -0.4 is 11.3 Å². The van der Waals surface area contributed by atoms with Gasteiger partial charge in [0.25, 0.3) is 5.91 Å². The molecule has 4 N–H and O–H groups in total. The van der Waals surface area contributed by atoms with Crippen LogP contribution in [-0.4, -0.2) is 35.6 Å². The van der Waals surface area contributed by atoms with Crippen molar-refractivity contribution in [1.82, 2.24) is 10.3 Å². The minimum Gasteiger partial charge on any atom is -0.393 e. The lowest BCUT2D eigenvalue weighted by Crippen LogP contribution is -2.37. The summed E-state index contributed by atoms with van der Waals surface area (Å²) >= 11 is 1.40. The molecule has 100 valence electrons. The summed E-state index contributed by atoms with van der Waals surface area (Å²) in [6.45, 7) is 1.69. The number of nitrogens with one attached hydrogen (secondary N) is 1. The van der Waals surface area contributed by atoms with E-state index in [4.69, 9.17) is 5.84 Å². The Labute approximate surface area is 111 Å². The molecule has 6 heteroatoms. The highest BCUT2D eigenvalue weighted by atomic mass is 32.1. The number of aliphatic hydroxyl groups excluding tert-OH is 1. The second-order valence-corrected chi connectivity index (χ2v) is 5.85. The molecule has 0 atom stereocenters. The first-order chi connectivity index (χ1) is 8.60. The summed E-state index contributed by atoms with van der Waals surface area (Å²) in [5.41, 5.74) is 3.17. The average Bonchev–Trinajstić information content (AvgIpc) is 2.74. The van der Waals surface area contributed by atoms with E-state index in [1.807, 2.05) is 18.5 Å². The summed E-state index contributed by atoms with van der Waals surface area (Å²) in [5, 5.41) is 11.2. The van der Waals surface area contributed by atoms with Crippen molar-refractivity contribution < 1.29 is 9.90 Å². The van der Waals surface area contributed by atoms with Crippen LogP contribution in [0.2, 0.25) is 0 Å². The summed E-state index contributed by atoms with van der Waals surface area (Å²) in [4.78, 5) is 14.4. The predicted molar refractivity (Wildman–Crippen MR) is 71.0 cm³/mol. The van der Waals surface area contributed by atoms with Crippen molar-refractivity contribution in [3.05, 3.63) is 21.9 Å². The maximum atomic E-state index is 11.5. The topological polar surface area (TPSA) is 78.6 Å². The van der Waals surface area contributed by atoms with E-state index < -0.39 is 0 Å². The number of rotatable bonds is 5. The molecule has 0 unspecified atom stereocenters. The fourth-order valence-corrected chi connectivity index (χ4v) is 3.19. The third-order valence-electron chi connectivity index (χ3n) is 3.31. The molecule has 5 nitrogen and oxygen atoms in total. The normalized spacial score (nSPS) is 22.9. The summed E-state index contributed by atoms with van der Waals surface area (Å²) in [6.07, 6.45) is 1.68. The van der Waals surface area contributed by atoms with Gasteiger partial charge in [0.2, 0.25) is 0 Å². The monoisotopic (exact) mass is 269 g/mol. The molecule has 0 saturated heterocycles. The molecule has 0 spiro atoms.